The molecule has 150 valence electrons. The van der Waals surface area contributed by atoms with Crippen molar-refractivity contribution in [2.75, 3.05) is 6.26 Å². The van der Waals surface area contributed by atoms with E-state index in [4.69, 9.17) is 0 Å². The van der Waals surface area contributed by atoms with Gasteiger partial charge in [-0.05, 0) is 99.2 Å². The van der Waals surface area contributed by atoms with E-state index in [0.29, 0.717) is 17.3 Å². The molecule has 2 N–H and O–H groups in total. The van der Waals surface area contributed by atoms with Gasteiger partial charge >= 0.3 is 0 Å². The number of aliphatic hydroxyl groups is 1. The fourth-order valence-corrected chi connectivity index (χ4v) is 8.79. The molecule has 0 aromatic heterocycles. The van der Waals surface area contributed by atoms with E-state index in [2.05, 4.69) is 18.6 Å². The number of sulfonamides is 1. The Morgan fingerprint density at radius 3 is 2.27 bits per heavy atom. The lowest BCUT2D eigenvalue weighted by Gasteiger charge is -2.61. The average molecular weight is 384 g/mol. The zero-order chi connectivity index (χ0) is 19.0. The molecule has 0 saturated heterocycles. The molecule has 4 aliphatic carbocycles. The molecule has 8 atom stereocenters. The first-order valence-corrected chi connectivity index (χ1v) is 12.5. The first kappa shape index (κ1) is 19.2. The van der Waals surface area contributed by atoms with Crippen LogP contribution in [0.2, 0.25) is 0 Å². The molecule has 0 heterocycles. The number of fused-ring (bicyclic) bond motifs is 5. The molecule has 4 fully saturated rings. The van der Waals surface area contributed by atoms with E-state index >= 15 is 0 Å². The van der Waals surface area contributed by atoms with Gasteiger partial charge in [0.1, 0.15) is 0 Å². The zero-order valence-electron chi connectivity index (χ0n) is 16.9. The lowest BCUT2D eigenvalue weighted by Crippen LogP contribution is -2.57. The Kier molecular flexibility index (Phi) is 4.38. The van der Waals surface area contributed by atoms with E-state index < -0.39 is 15.6 Å². The summed E-state index contributed by atoms with van der Waals surface area (Å²) in [6.07, 6.45) is 11.4. The lowest BCUT2D eigenvalue weighted by molar-refractivity contribution is -0.143. The number of hydrogen-bond acceptors (Lipinski definition) is 3. The molecule has 0 radical (unpaired) electrons. The van der Waals surface area contributed by atoms with Crippen molar-refractivity contribution in [1.82, 2.24) is 4.72 Å². The van der Waals surface area contributed by atoms with Crippen LogP contribution >= 0.6 is 0 Å². The van der Waals surface area contributed by atoms with Gasteiger partial charge in [-0.25, -0.2) is 13.1 Å². The Balaban J connectivity index is 1.58. The van der Waals surface area contributed by atoms with E-state index in [1.54, 1.807) is 0 Å². The number of nitrogens with one attached hydrogen (secondary N) is 1. The quantitative estimate of drug-likeness (QED) is 0.764. The molecule has 0 unspecified atom stereocenters. The standard InChI is InChI=1S/C21H37NO3S/c1-19(23)11-12-20(2)14(13-19)5-6-15-16-7-8-18(22-26(4,24)25)21(16,3)10-9-17(15)20/h14-18,22-23H,5-13H2,1-4H3/t14-,15-,16-,17-,18-,19+,20-,21-/m0/s1. The maximum atomic E-state index is 11.9. The van der Waals surface area contributed by atoms with Gasteiger partial charge in [0.15, 0.2) is 0 Å². The summed E-state index contributed by atoms with van der Waals surface area (Å²) in [5.74, 6) is 2.81. The van der Waals surface area contributed by atoms with Crippen molar-refractivity contribution < 1.29 is 13.5 Å². The maximum absolute atomic E-state index is 11.9. The molecule has 5 heteroatoms. The molecule has 0 amide bonds. The molecule has 0 aromatic carbocycles. The first-order chi connectivity index (χ1) is 11.9. The molecule has 0 bridgehead atoms. The van der Waals surface area contributed by atoms with Crippen molar-refractivity contribution in [3.05, 3.63) is 0 Å². The highest BCUT2D eigenvalue weighted by atomic mass is 32.2. The summed E-state index contributed by atoms with van der Waals surface area (Å²) in [6, 6.07) is 0.112. The predicted molar refractivity (Wildman–Crippen MR) is 104 cm³/mol. The predicted octanol–water partition coefficient (Wildman–Crippen LogP) is 3.70. The third kappa shape index (κ3) is 2.97. The molecule has 0 spiro atoms. The molecule has 0 aromatic rings. The molecule has 4 nitrogen and oxygen atoms in total. The Labute approximate surface area is 159 Å². The van der Waals surface area contributed by atoms with E-state index in [1.165, 1.54) is 31.9 Å². The van der Waals surface area contributed by atoms with Crippen molar-refractivity contribution in [3.8, 4) is 0 Å². The first-order valence-electron chi connectivity index (χ1n) is 10.6. The SMILES string of the molecule is C[C@@]1(O)CC[C@@]2(C)[C@@H](CC[C@@H]3[C@@H]2CC[C@]2(C)[C@@H](NS(C)(=O)=O)CC[C@@H]32)C1. The van der Waals surface area contributed by atoms with E-state index in [0.717, 1.165) is 43.9 Å². The number of hydrogen-bond donors (Lipinski definition) is 2. The van der Waals surface area contributed by atoms with Gasteiger partial charge in [0.05, 0.1) is 11.9 Å². The molecule has 4 saturated carbocycles. The largest absolute Gasteiger partial charge is 0.390 e. The minimum absolute atomic E-state index is 0.112. The third-order valence-corrected chi connectivity index (χ3v) is 10.0. The molecular weight excluding hydrogens is 346 g/mol. The van der Waals surface area contributed by atoms with Crippen LogP contribution < -0.4 is 4.72 Å². The highest BCUT2D eigenvalue weighted by Gasteiger charge is 2.61. The second kappa shape index (κ2) is 5.93. The van der Waals surface area contributed by atoms with Crippen LogP contribution in [-0.4, -0.2) is 31.4 Å². The second-order valence-corrected chi connectivity index (χ2v) is 12.7. The molecule has 4 aliphatic rings. The Bertz CT molecular complexity index is 675. The second-order valence-electron chi connectivity index (χ2n) is 10.9. The Morgan fingerprint density at radius 1 is 0.885 bits per heavy atom. The van der Waals surface area contributed by atoms with Crippen LogP contribution in [0.5, 0.6) is 0 Å². The van der Waals surface area contributed by atoms with Crippen LogP contribution in [0.1, 0.15) is 78.6 Å². The number of rotatable bonds is 2. The topological polar surface area (TPSA) is 66.4 Å². The van der Waals surface area contributed by atoms with Crippen LogP contribution in [0.25, 0.3) is 0 Å². The minimum atomic E-state index is -3.15. The molecular formula is C21H37NO3S. The average Bonchev–Trinajstić information content (AvgIpc) is 2.83. The molecule has 4 rings (SSSR count). The fourth-order valence-electron chi connectivity index (χ4n) is 7.88. The summed E-state index contributed by atoms with van der Waals surface area (Å²) in [4.78, 5) is 0. The summed E-state index contributed by atoms with van der Waals surface area (Å²) in [5, 5.41) is 10.6. The van der Waals surface area contributed by atoms with Crippen LogP contribution in [-0.2, 0) is 10.0 Å². The zero-order valence-corrected chi connectivity index (χ0v) is 17.7. The summed E-state index contributed by atoms with van der Waals surface area (Å²) < 4.78 is 26.7. The highest BCUT2D eigenvalue weighted by molar-refractivity contribution is 7.88. The van der Waals surface area contributed by atoms with Gasteiger partial charge in [0.2, 0.25) is 10.0 Å². The van der Waals surface area contributed by atoms with Gasteiger partial charge in [-0.2, -0.15) is 0 Å². The maximum Gasteiger partial charge on any atom is 0.208 e. The van der Waals surface area contributed by atoms with Crippen LogP contribution in [0, 0.1) is 34.5 Å². The smallest absolute Gasteiger partial charge is 0.208 e. The van der Waals surface area contributed by atoms with E-state index in [9.17, 15) is 13.5 Å². The molecule has 0 aliphatic heterocycles. The van der Waals surface area contributed by atoms with Crippen molar-refractivity contribution >= 4 is 10.0 Å². The summed E-state index contributed by atoms with van der Waals surface area (Å²) in [5.41, 5.74) is 0.0144. The van der Waals surface area contributed by atoms with Crippen LogP contribution in [0.3, 0.4) is 0 Å². The summed E-state index contributed by atoms with van der Waals surface area (Å²) in [7, 11) is -3.15. The van der Waals surface area contributed by atoms with Crippen LogP contribution in [0.4, 0.5) is 0 Å². The fraction of sp³-hybridized carbons (Fsp3) is 1.00. The Morgan fingerprint density at radius 2 is 1.58 bits per heavy atom. The Hall–Kier alpha value is -0.130. The van der Waals surface area contributed by atoms with Crippen molar-refractivity contribution in [2.45, 2.75) is 90.2 Å². The van der Waals surface area contributed by atoms with Gasteiger partial charge in [-0.15, -0.1) is 0 Å². The monoisotopic (exact) mass is 383 g/mol. The summed E-state index contributed by atoms with van der Waals surface area (Å²) >= 11 is 0. The minimum Gasteiger partial charge on any atom is -0.390 e. The highest BCUT2D eigenvalue weighted by Crippen LogP contribution is 2.66. The van der Waals surface area contributed by atoms with Gasteiger partial charge < -0.3 is 5.11 Å². The van der Waals surface area contributed by atoms with Gasteiger partial charge in [-0.1, -0.05) is 13.8 Å². The van der Waals surface area contributed by atoms with Crippen LogP contribution in [0.15, 0.2) is 0 Å². The van der Waals surface area contributed by atoms with Crippen molar-refractivity contribution in [1.29, 1.82) is 0 Å². The van der Waals surface area contributed by atoms with E-state index in [1.807, 2.05) is 6.92 Å². The van der Waals surface area contributed by atoms with Crippen molar-refractivity contribution in [3.63, 3.8) is 0 Å². The summed E-state index contributed by atoms with van der Waals surface area (Å²) in [6.45, 7) is 6.88. The van der Waals surface area contributed by atoms with Crippen molar-refractivity contribution in [2.24, 2.45) is 34.5 Å². The van der Waals surface area contributed by atoms with Gasteiger partial charge in [0.25, 0.3) is 0 Å². The van der Waals surface area contributed by atoms with Gasteiger partial charge in [-0.3, -0.25) is 0 Å². The normalized spacial score (nSPS) is 54.3. The lowest BCUT2D eigenvalue weighted by atomic mass is 9.44. The molecule has 26 heavy (non-hydrogen) atoms. The third-order valence-electron chi connectivity index (χ3n) is 9.31. The van der Waals surface area contributed by atoms with Gasteiger partial charge in [0, 0.05) is 6.04 Å². The van der Waals surface area contributed by atoms with E-state index in [-0.39, 0.29) is 11.5 Å².